The zero-order valence-corrected chi connectivity index (χ0v) is 9.20. The number of hydrogen-bond acceptors (Lipinski definition) is 1. The first-order valence-electron chi connectivity index (χ1n) is 5.04. The van der Waals surface area contributed by atoms with Crippen molar-refractivity contribution in [1.82, 2.24) is 9.38 Å². The summed E-state index contributed by atoms with van der Waals surface area (Å²) in [5.41, 5.74) is 4.95. The Hall–Kier alpha value is -1.31. The van der Waals surface area contributed by atoms with Crippen molar-refractivity contribution in [3.05, 3.63) is 35.3 Å². The SMILES string of the molecule is Cc1ccn2c(C(C)C)cnc2c1C. The third kappa shape index (κ3) is 1.22. The molecule has 2 rings (SSSR count). The lowest BCUT2D eigenvalue weighted by Gasteiger charge is -2.07. The molecule has 2 heterocycles. The Morgan fingerprint density at radius 2 is 2.00 bits per heavy atom. The molecule has 0 aliphatic rings. The van der Waals surface area contributed by atoms with Gasteiger partial charge in [0.05, 0.1) is 0 Å². The van der Waals surface area contributed by atoms with Crippen LogP contribution in [0.1, 0.15) is 36.6 Å². The number of pyridine rings is 1. The van der Waals surface area contributed by atoms with E-state index in [1.807, 2.05) is 6.20 Å². The Balaban J connectivity index is 2.77. The van der Waals surface area contributed by atoms with E-state index < -0.39 is 0 Å². The van der Waals surface area contributed by atoms with Crippen LogP contribution in [0.3, 0.4) is 0 Å². The maximum atomic E-state index is 4.46. The Morgan fingerprint density at radius 3 is 2.64 bits per heavy atom. The van der Waals surface area contributed by atoms with Crippen molar-refractivity contribution >= 4 is 5.65 Å². The molecule has 0 unspecified atom stereocenters. The molecule has 2 nitrogen and oxygen atoms in total. The second-order valence-electron chi connectivity index (χ2n) is 4.16. The van der Waals surface area contributed by atoms with Gasteiger partial charge in [-0.05, 0) is 37.0 Å². The maximum Gasteiger partial charge on any atom is 0.140 e. The zero-order valence-electron chi connectivity index (χ0n) is 9.20. The standard InChI is InChI=1S/C12H16N2/c1-8(2)11-7-13-12-10(4)9(3)5-6-14(11)12/h5-8H,1-4H3. The van der Waals surface area contributed by atoms with E-state index in [2.05, 4.69) is 49.3 Å². The molecule has 0 aliphatic carbocycles. The molecular formula is C12H16N2. The van der Waals surface area contributed by atoms with Crippen LogP contribution in [0.4, 0.5) is 0 Å². The lowest BCUT2D eigenvalue weighted by atomic mass is 10.1. The van der Waals surface area contributed by atoms with Crippen molar-refractivity contribution in [1.29, 1.82) is 0 Å². The van der Waals surface area contributed by atoms with Crippen molar-refractivity contribution in [2.24, 2.45) is 0 Å². The fourth-order valence-corrected chi connectivity index (χ4v) is 1.72. The zero-order chi connectivity index (χ0) is 10.3. The number of fused-ring (bicyclic) bond motifs is 1. The summed E-state index contributed by atoms with van der Waals surface area (Å²) in [5, 5.41) is 0. The van der Waals surface area contributed by atoms with Crippen molar-refractivity contribution in [3.8, 4) is 0 Å². The molecule has 0 saturated carbocycles. The van der Waals surface area contributed by atoms with Crippen LogP contribution >= 0.6 is 0 Å². The summed E-state index contributed by atoms with van der Waals surface area (Å²) < 4.78 is 2.19. The van der Waals surface area contributed by atoms with Gasteiger partial charge < -0.3 is 4.40 Å². The van der Waals surface area contributed by atoms with Gasteiger partial charge in [-0.25, -0.2) is 4.98 Å². The van der Waals surface area contributed by atoms with Crippen LogP contribution in [0.5, 0.6) is 0 Å². The summed E-state index contributed by atoms with van der Waals surface area (Å²) in [6.45, 7) is 8.64. The Morgan fingerprint density at radius 1 is 1.29 bits per heavy atom. The van der Waals surface area contributed by atoms with Gasteiger partial charge in [0.15, 0.2) is 0 Å². The van der Waals surface area contributed by atoms with E-state index >= 15 is 0 Å². The Kier molecular flexibility index (Phi) is 2.06. The highest BCUT2D eigenvalue weighted by molar-refractivity contribution is 5.52. The molecule has 2 aromatic rings. The molecule has 2 aromatic heterocycles. The van der Waals surface area contributed by atoms with E-state index in [0.29, 0.717) is 5.92 Å². The normalized spacial score (nSPS) is 11.5. The summed E-state index contributed by atoms with van der Waals surface area (Å²) in [4.78, 5) is 4.46. The van der Waals surface area contributed by atoms with Gasteiger partial charge in [-0.1, -0.05) is 13.8 Å². The molecule has 2 heteroatoms. The van der Waals surface area contributed by atoms with Gasteiger partial charge in [-0.15, -0.1) is 0 Å². The predicted molar refractivity (Wildman–Crippen MR) is 58.8 cm³/mol. The first-order chi connectivity index (χ1) is 6.61. The monoisotopic (exact) mass is 188 g/mol. The topological polar surface area (TPSA) is 17.3 Å². The van der Waals surface area contributed by atoms with Crippen molar-refractivity contribution in [2.75, 3.05) is 0 Å². The third-order valence-corrected chi connectivity index (χ3v) is 2.82. The largest absolute Gasteiger partial charge is 0.304 e. The molecular weight excluding hydrogens is 172 g/mol. The minimum Gasteiger partial charge on any atom is -0.304 e. The summed E-state index contributed by atoms with van der Waals surface area (Å²) >= 11 is 0. The second kappa shape index (κ2) is 3.12. The molecule has 0 spiro atoms. The molecule has 0 amide bonds. The van der Waals surface area contributed by atoms with Crippen molar-refractivity contribution < 1.29 is 0 Å². The lowest BCUT2D eigenvalue weighted by Crippen LogP contribution is -1.96. The fourth-order valence-electron chi connectivity index (χ4n) is 1.72. The van der Waals surface area contributed by atoms with Crippen molar-refractivity contribution in [2.45, 2.75) is 33.6 Å². The van der Waals surface area contributed by atoms with E-state index in [1.54, 1.807) is 0 Å². The fraction of sp³-hybridized carbons (Fsp3) is 0.417. The van der Waals surface area contributed by atoms with Crippen LogP contribution < -0.4 is 0 Å². The minimum atomic E-state index is 0.520. The van der Waals surface area contributed by atoms with Gasteiger partial charge in [0.1, 0.15) is 5.65 Å². The van der Waals surface area contributed by atoms with E-state index in [4.69, 9.17) is 0 Å². The van der Waals surface area contributed by atoms with Gasteiger partial charge >= 0.3 is 0 Å². The average Bonchev–Trinajstić information content (AvgIpc) is 2.55. The summed E-state index contributed by atoms with van der Waals surface area (Å²) in [6.07, 6.45) is 4.09. The molecule has 0 aromatic carbocycles. The van der Waals surface area contributed by atoms with Crippen LogP contribution in [0, 0.1) is 13.8 Å². The molecule has 0 fully saturated rings. The van der Waals surface area contributed by atoms with Crippen LogP contribution in [0.25, 0.3) is 5.65 Å². The maximum absolute atomic E-state index is 4.46. The molecule has 0 saturated heterocycles. The van der Waals surface area contributed by atoms with Gasteiger partial charge in [-0.3, -0.25) is 0 Å². The highest BCUT2D eigenvalue weighted by Gasteiger charge is 2.08. The summed E-state index contributed by atoms with van der Waals surface area (Å²) in [5.74, 6) is 0.520. The molecule has 14 heavy (non-hydrogen) atoms. The van der Waals surface area contributed by atoms with Crippen LogP contribution in [0.2, 0.25) is 0 Å². The molecule has 0 bridgehead atoms. The highest BCUT2D eigenvalue weighted by Crippen LogP contribution is 2.19. The first kappa shape index (κ1) is 9.25. The first-order valence-corrected chi connectivity index (χ1v) is 5.04. The summed E-state index contributed by atoms with van der Waals surface area (Å²) in [6, 6.07) is 2.15. The number of nitrogens with zero attached hydrogens (tertiary/aromatic N) is 2. The van der Waals surface area contributed by atoms with E-state index in [-0.39, 0.29) is 0 Å². The summed E-state index contributed by atoms with van der Waals surface area (Å²) in [7, 11) is 0. The number of hydrogen-bond donors (Lipinski definition) is 0. The third-order valence-electron chi connectivity index (χ3n) is 2.82. The van der Waals surface area contributed by atoms with Crippen molar-refractivity contribution in [3.63, 3.8) is 0 Å². The predicted octanol–water partition coefficient (Wildman–Crippen LogP) is 3.07. The smallest absolute Gasteiger partial charge is 0.140 e. The number of aromatic nitrogens is 2. The van der Waals surface area contributed by atoms with E-state index in [0.717, 1.165) is 5.65 Å². The molecule has 0 N–H and O–H groups in total. The number of aryl methyl sites for hydroxylation is 2. The van der Waals surface area contributed by atoms with Gasteiger partial charge in [0.2, 0.25) is 0 Å². The van der Waals surface area contributed by atoms with Gasteiger partial charge in [0.25, 0.3) is 0 Å². The highest BCUT2D eigenvalue weighted by atomic mass is 15.0. The van der Waals surface area contributed by atoms with Gasteiger partial charge in [0, 0.05) is 18.1 Å². The minimum absolute atomic E-state index is 0.520. The Bertz CT molecular complexity index is 466. The molecule has 0 radical (unpaired) electrons. The van der Waals surface area contributed by atoms with E-state index in [1.165, 1.54) is 16.8 Å². The molecule has 0 atom stereocenters. The lowest BCUT2D eigenvalue weighted by molar-refractivity contribution is 0.807. The second-order valence-corrected chi connectivity index (χ2v) is 4.16. The van der Waals surface area contributed by atoms with Crippen LogP contribution in [-0.4, -0.2) is 9.38 Å². The van der Waals surface area contributed by atoms with Gasteiger partial charge in [-0.2, -0.15) is 0 Å². The molecule has 74 valence electrons. The quantitative estimate of drug-likeness (QED) is 0.672. The average molecular weight is 188 g/mol. The molecule has 0 aliphatic heterocycles. The Labute approximate surface area is 84.6 Å². The number of imidazole rings is 1. The van der Waals surface area contributed by atoms with Crippen LogP contribution in [-0.2, 0) is 0 Å². The number of rotatable bonds is 1. The van der Waals surface area contributed by atoms with E-state index in [9.17, 15) is 0 Å². The van der Waals surface area contributed by atoms with Crippen LogP contribution in [0.15, 0.2) is 18.5 Å².